The van der Waals surface area contributed by atoms with Gasteiger partial charge >= 0.3 is 0 Å². The molecule has 0 spiro atoms. The SMILES string of the molecule is COc1ccc(C(=O)N(C)Cc2ccc(F)cc2F)c(O)c1. The van der Waals surface area contributed by atoms with E-state index < -0.39 is 17.5 Å². The molecule has 0 unspecified atom stereocenters. The molecule has 0 aliphatic carbocycles. The van der Waals surface area contributed by atoms with Gasteiger partial charge in [0.05, 0.1) is 12.7 Å². The highest BCUT2D eigenvalue weighted by atomic mass is 19.1. The quantitative estimate of drug-likeness (QED) is 0.945. The number of amides is 1. The van der Waals surface area contributed by atoms with E-state index in [1.807, 2.05) is 0 Å². The van der Waals surface area contributed by atoms with Crippen molar-refractivity contribution in [1.82, 2.24) is 4.90 Å². The number of ether oxygens (including phenoxy) is 1. The lowest BCUT2D eigenvalue weighted by Crippen LogP contribution is -2.26. The first-order chi connectivity index (χ1) is 10.4. The predicted molar refractivity (Wildman–Crippen MR) is 76.8 cm³/mol. The number of phenols is 1. The molecule has 0 saturated heterocycles. The highest BCUT2D eigenvalue weighted by Gasteiger charge is 2.18. The van der Waals surface area contributed by atoms with Crippen LogP contribution in [0.15, 0.2) is 36.4 Å². The first-order valence-electron chi connectivity index (χ1n) is 6.48. The van der Waals surface area contributed by atoms with Crippen LogP contribution in [0.3, 0.4) is 0 Å². The normalized spacial score (nSPS) is 10.4. The molecule has 0 aromatic heterocycles. The molecule has 2 aromatic rings. The number of nitrogens with zero attached hydrogens (tertiary/aromatic N) is 1. The molecule has 6 heteroatoms. The van der Waals surface area contributed by atoms with Gasteiger partial charge in [0, 0.05) is 31.3 Å². The lowest BCUT2D eigenvalue weighted by Gasteiger charge is -2.18. The van der Waals surface area contributed by atoms with Crippen molar-refractivity contribution in [2.75, 3.05) is 14.2 Å². The summed E-state index contributed by atoms with van der Waals surface area (Å²) in [6, 6.07) is 7.45. The molecule has 0 saturated carbocycles. The van der Waals surface area contributed by atoms with Gasteiger partial charge in [-0.05, 0) is 18.2 Å². The molecule has 2 aromatic carbocycles. The summed E-state index contributed by atoms with van der Waals surface area (Å²) < 4.78 is 31.4. The smallest absolute Gasteiger partial charge is 0.257 e. The van der Waals surface area contributed by atoms with Crippen LogP contribution in [-0.4, -0.2) is 30.1 Å². The van der Waals surface area contributed by atoms with Gasteiger partial charge in [0.15, 0.2) is 0 Å². The number of rotatable bonds is 4. The van der Waals surface area contributed by atoms with Crippen molar-refractivity contribution in [3.05, 3.63) is 59.2 Å². The largest absolute Gasteiger partial charge is 0.507 e. The van der Waals surface area contributed by atoms with Crippen molar-refractivity contribution in [3.63, 3.8) is 0 Å². The standard InChI is InChI=1S/C16H15F2NO3/c1-19(9-10-3-4-11(17)7-14(10)18)16(21)13-6-5-12(22-2)8-15(13)20/h3-8,20H,9H2,1-2H3. The zero-order valence-corrected chi connectivity index (χ0v) is 12.1. The summed E-state index contributed by atoms with van der Waals surface area (Å²) in [5.74, 6) is -1.69. The molecule has 0 atom stereocenters. The van der Waals surface area contributed by atoms with Gasteiger partial charge in [-0.2, -0.15) is 0 Å². The molecule has 22 heavy (non-hydrogen) atoms. The summed E-state index contributed by atoms with van der Waals surface area (Å²) in [7, 11) is 2.91. The fourth-order valence-electron chi connectivity index (χ4n) is 2.00. The average Bonchev–Trinajstić information content (AvgIpc) is 2.49. The minimum absolute atomic E-state index is 0.0452. The van der Waals surface area contributed by atoms with Crippen molar-refractivity contribution >= 4 is 5.91 Å². The third-order valence-corrected chi connectivity index (χ3v) is 3.20. The van der Waals surface area contributed by atoms with Crippen LogP contribution < -0.4 is 4.74 Å². The highest BCUT2D eigenvalue weighted by molar-refractivity contribution is 5.96. The van der Waals surface area contributed by atoms with Crippen LogP contribution in [0, 0.1) is 11.6 Å². The minimum atomic E-state index is -0.724. The first-order valence-corrected chi connectivity index (χ1v) is 6.48. The Morgan fingerprint density at radius 1 is 1.23 bits per heavy atom. The first kappa shape index (κ1) is 15.8. The Morgan fingerprint density at radius 2 is 1.95 bits per heavy atom. The fourth-order valence-corrected chi connectivity index (χ4v) is 2.00. The van der Waals surface area contributed by atoms with Crippen molar-refractivity contribution in [2.45, 2.75) is 6.54 Å². The third-order valence-electron chi connectivity index (χ3n) is 3.20. The maximum absolute atomic E-state index is 13.6. The number of carbonyl (C=O) groups is 1. The minimum Gasteiger partial charge on any atom is -0.507 e. The Bertz CT molecular complexity index is 704. The van der Waals surface area contributed by atoms with Crippen LogP contribution in [0.25, 0.3) is 0 Å². The fraction of sp³-hybridized carbons (Fsp3) is 0.188. The van der Waals surface area contributed by atoms with Crippen LogP contribution in [0.4, 0.5) is 8.78 Å². The van der Waals surface area contributed by atoms with E-state index in [1.54, 1.807) is 6.07 Å². The molecule has 4 nitrogen and oxygen atoms in total. The molecule has 1 amide bonds. The van der Waals surface area contributed by atoms with Gasteiger partial charge in [-0.15, -0.1) is 0 Å². The molecule has 1 N–H and O–H groups in total. The van der Waals surface area contributed by atoms with Crippen LogP contribution in [-0.2, 0) is 6.54 Å². The van der Waals surface area contributed by atoms with Gasteiger partial charge < -0.3 is 14.7 Å². The number of aromatic hydroxyl groups is 1. The molecule has 2 rings (SSSR count). The van der Waals surface area contributed by atoms with E-state index in [0.717, 1.165) is 12.1 Å². The number of carbonyl (C=O) groups excluding carboxylic acids is 1. The molecular formula is C16H15F2NO3. The van der Waals surface area contributed by atoms with Crippen LogP contribution in [0.5, 0.6) is 11.5 Å². The molecule has 0 fully saturated rings. The second kappa shape index (κ2) is 6.43. The highest BCUT2D eigenvalue weighted by Crippen LogP contribution is 2.25. The molecule has 0 bridgehead atoms. The molecule has 0 radical (unpaired) electrons. The van der Waals surface area contributed by atoms with E-state index in [4.69, 9.17) is 4.74 Å². The van der Waals surface area contributed by atoms with Crippen molar-refractivity contribution in [2.24, 2.45) is 0 Å². The van der Waals surface area contributed by atoms with Crippen molar-refractivity contribution < 1.29 is 23.4 Å². The van der Waals surface area contributed by atoms with Gasteiger partial charge in [-0.25, -0.2) is 8.78 Å². The Kier molecular flexibility index (Phi) is 4.60. The third kappa shape index (κ3) is 3.33. The van der Waals surface area contributed by atoms with Crippen LogP contribution in [0.2, 0.25) is 0 Å². The molecule has 116 valence electrons. The van der Waals surface area contributed by atoms with Gasteiger partial charge in [0.1, 0.15) is 23.1 Å². The summed E-state index contributed by atoms with van der Waals surface area (Å²) in [5, 5.41) is 9.85. The monoisotopic (exact) mass is 307 g/mol. The van der Waals surface area contributed by atoms with E-state index in [1.165, 1.54) is 37.3 Å². The van der Waals surface area contributed by atoms with Gasteiger partial charge in [0.25, 0.3) is 5.91 Å². The summed E-state index contributed by atoms with van der Waals surface area (Å²) in [6.07, 6.45) is 0. The molecule has 0 aliphatic rings. The Morgan fingerprint density at radius 3 is 2.55 bits per heavy atom. The van der Waals surface area contributed by atoms with Crippen molar-refractivity contribution in [1.29, 1.82) is 0 Å². The zero-order valence-electron chi connectivity index (χ0n) is 12.1. The Balaban J connectivity index is 2.18. The van der Waals surface area contributed by atoms with E-state index in [2.05, 4.69) is 0 Å². The number of methoxy groups -OCH3 is 1. The Labute approximate surface area is 126 Å². The van der Waals surface area contributed by atoms with E-state index >= 15 is 0 Å². The van der Waals surface area contributed by atoms with Gasteiger partial charge in [-0.3, -0.25) is 4.79 Å². The number of hydrogen-bond acceptors (Lipinski definition) is 3. The van der Waals surface area contributed by atoms with E-state index in [0.29, 0.717) is 5.75 Å². The summed E-state index contributed by atoms with van der Waals surface area (Å²) in [6.45, 7) is -0.0452. The maximum Gasteiger partial charge on any atom is 0.257 e. The lowest BCUT2D eigenvalue weighted by molar-refractivity contribution is 0.0781. The van der Waals surface area contributed by atoms with Crippen LogP contribution in [0.1, 0.15) is 15.9 Å². The summed E-state index contributed by atoms with van der Waals surface area (Å²) in [4.78, 5) is 13.5. The second-order valence-corrected chi connectivity index (χ2v) is 4.78. The lowest BCUT2D eigenvalue weighted by atomic mass is 10.1. The van der Waals surface area contributed by atoms with Gasteiger partial charge in [0.2, 0.25) is 0 Å². The Hall–Kier alpha value is -2.63. The molecular weight excluding hydrogens is 292 g/mol. The summed E-state index contributed by atoms with van der Waals surface area (Å²) in [5.41, 5.74) is 0.260. The summed E-state index contributed by atoms with van der Waals surface area (Å²) >= 11 is 0. The molecule has 0 heterocycles. The zero-order chi connectivity index (χ0) is 16.3. The molecule has 0 aliphatic heterocycles. The number of benzene rings is 2. The average molecular weight is 307 g/mol. The number of phenolic OH excluding ortho intramolecular Hbond substituents is 1. The van der Waals surface area contributed by atoms with Crippen LogP contribution >= 0.6 is 0 Å². The second-order valence-electron chi connectivity index (χ2n) is 4.78. The predicted octanol–water partition coefficient (Wildman–Crippen LogP) is 2.95. The topological polar surface area (TPSA) is 49.8 Å². The van der Waals surface area contributed by atoms with E-state index in [-0.39, 0.29) is 23.4 Å². The van der Waals surface area contributed by atoms with E-state index in [9.17, 15) is 18.7 Å². The van der Waals surface area contributed by atoms with Gasteiger partial charge in [-0.1, -0.05) is 6.07 Å². The number of halogens is 2. The maximum atomic E-state index is 13.6. The van der Waals surface area contributed by atoms with Crippen molar-refractivity contribution in [3.8, 4) is 11.5 Å². The number of hydrogen-bond donors (Lipinski definition) is 1.